The van der Waals surface area contributed by atoms with Crippen molar-refractivity contribution in [3.8, 4) is 11.5 Å². The summed E-state index contributed by atoms with van der Waals surface area (Å²) >= 11 is 0. The van der Waals surface area contributed by atoms with E-state index in [9.17, 15) is 8.42 Å². The van der Waals surface area contributed by atoms with Gasteiger partial charge in [0.1, 0.15) is 17.9 Å². The Morgan fingerprint density at radius 2 is 1.66 bits per heavy atom. The average molecular weight is 449 g/mol. The van der Waals surface area contributed by atoms with Crippen molar-refractivity contribution in [3.63, 3.8) is 0 Å². The molecule has 32 heavy (non-hydrogen) atoms. The number of anilines is 4. The van der Waals surface area contributed by atoms with Crippen molar-refractivity contribution in [3.05, 3.63) is 79.0 Å². The third kappa shape index (κ3) is 5.33. The van der Waals surface area contributed by atoms with E-state index in [0.29, 0.717) is 29.0 Å². The second-order valence-electron chi connectivity index (χ2n) is 6.75. The fraction of sp³-hybridized carbons (Fsp3) is 0.0476. The highest BCUT2D eigenvalue weighted by Crippen LogP contribution is 2.25. The van der Waals surface area contributed by atoms with Gasteiger partial charge in [0, 0.05) is 23.1 Å². The van der Waals surface area contributed by atoms with Gasteiger partial charge in [-0.1, -0.05) is 6.07 Å². The maximum atomic E-state index is 11.6. The van der Waals surface area contributed by atoms with Gasteiger partial charge in [0.05, 0.1) is 17.3 Å². The van der Waals surface area contributed by atoms with Gasteiger partial charge in [-0.3, -0.25) is 0 Å². The van der Waals surface area contributed by atoms with Crippen molar-refractivity contribution in [2.75, 3.05) is 10.6 Å². The molecule has 2 aromatic heterocycles. The Morgan fingerprint density at radius 3 is 2.38 bits per heavy atom. The summed E-state index contributed by atoms with van der Waals surface area (Å²) in [5.41, 5.74) is 2.12. The summed E-state index contributed by atoms with van der Waals surface area (Å²) in [5, 5.41) is 11.4. The van der Waals surface area contributed by atoms with Gasteiger partial charge in [0.25, 0.3) is 0 Å². The molecule has 0 amide bonds. The van der Waals surface area contributed by atoms with Gasteiger partial charge >= 0.3 is 0 Å². The molecule has 4 rings (SSSR count). The molecule has 0 saturated carbocycles. The molecule has 11 heteroatoms. The summed E-state index contributed by atoms with van der Waals surface area (Å²) in [5.74, 6) is 2.08. The summed E-state index contributed by atoms with van der Waals surface area (Å²) in [6, 6.07) is 13.4. The summed E-state index contributed by atoms with van der Waals surface area (Å²) in [6.45, 7) is 1.88. The molecule has 2 heterocycles. The van der Waals surface area contributed by atoms with Crippen molar-refractivity contribution in [1.29, 1.82) is 0 Å². The summed E-state index contributed by atoms with van der Waals surface area (Å²) in [7, 11) is -3.81. The first-order chi connectivity index (χ1) is 15.4. The Balaban J connectivity index is 1.48. The Kier molecular flexibility index (Phi) is 5.92. The minimum Gasteiger partial charge on any atom is -0.454 e. The lowest BCUT2D eigenvalue weighted by molar-refractivity contribution is 0.477. The molecule has 0 bridgehead atoms. The van der Waals surface area contributed by atoms with E-state index in [4.69, 9.17) is 9.88 Å². The van der Waals surface area contributed by atoms with Crippen LogP contribution in [0.15, 0.2) is 78.3 Å². The molecule has 10 nitrogen and oxygen atoms in total. The third-order valence-electron chi connectivity index (χ3n) is 4.28. The van der Waals surface area contributed by atoms with Gasteiger partial charge in [0.15, 0.2) is 5.75 Å². The van der Waals surface area contributed by atoms with Crippen LogP contribution in [0.4, 0.5) is 23.1 Å². The number of aromatic nitrogens is 4. The number of aryl methyl sites for hydroxylation is 1. The SMILES string of the molecule is Cc1cnc(Nc2cccc(S(N)(=O)=O)c2)nc1Nc1ccc(Oc2cncnc2)cc1. The standard InChI is InChI=1S/C21H19N7O3S/c1-14-10-25-21(27-16-3-2-4-19(9-16)32(22,29)30)28-20(14)26-15-5-7-17(8-6-15)31-18-11-23-13-24-12-18/h2-13H,1H3,(H2,22,29,30)(H2,25,26,27,28). The molecule has 0 aliphatic heterocycles. The summed E-state index contributed by atoms with van der Waals surface area (Å²) < 4.78 is 28.8. The van der Waals surface area contributed by atoms with E-state index in [1.54, 1.807) is 30.7 Å². The quantitative estimate of drug-likeness (QED) is 0.386. The first-order valence-corrected chi connectivity index (χ1v) is 10.9. The lowest BCUT2D eigenvalue weighted by Crippen LogP contribution is -2.12. The van der Waals surface area contributed by atoms with Crippen LogP contribution in [0, 0.1) is 6.92 Å². The number of primary sulfonamides is 1. The van der Waals surface area contributed by atoms with Crippen LogP contribution in [0.3, 0.4) is 0 Å². The molecule has 4 aromatic rings. The zero-order valence-corrected chi connectivity index (χ0v) is 17.7. The largest absolute Gasteiger partial charge is 0.454 e. The molecule has 0 aliphatic carbocycles. The number of nitrogens with two attached hydrogens (primary N) is 1. The molecule has 4 N–H and O–H groups in total. The molecule has 0 aliphatic rings. The van der Waals surface area contributed by atoms with Crippen LogP contribution in [0.1, 0.15) is 5.56 Å². The monoisotopic (exact) mass is 449 g/mol. The average Bonchev–Trinajstić information content (AvgIpc) is 2.78. The molecule has 162 valence electrons. The van der Waals surface area contributed by atoms with Gasteiger partial charge in [-0.25, -0.2) is 28.5 Å². The van der Waals surface area contributed by atoms with Crippen LogP contribution in [-0.2, 0) is 10.0 Å². The highest BCUT2D eigenvalue weighted by molar-refractivity contribution is 7.89. The Hall–Kier alpha value is -4.09. The number of benzene rings is 2. The lowest BCUT2D eigenvalue weighted by atomic mass is 10.2. The van der Waals surface area contributed by atoms with Crippen LogP contribution in [0.5, 0.6) is 11.5 Å². The first kappa shape index (κ1) is 21.2. The second-order valence-corrected chi connectivity index (χ2v) is 8.31. The highest BCUT2D eigenvalue weighted by Gasteiger charge is 2.10. The maximum Gasteiger partial charge on any atom is 0.238 e. The van der Waals surface area contributed by atoms with E-state index in [1.165, 1.54) is 18.5 Å². The lowest BCUT2D eigenvalue weighted by Gasteiger charge is -2.12. The van der Waals surface area contributed by atoms with Gasteiger partial charge in [-0.2, -0.15) is 4.98 Å². The van der Waals surface area contributed by atoms with E-state index in [-0.39, 0.29) is 4.90 Å². The fourth-order valence-corrected chi connectivity index (χ4v) is 3.29. The van der Waals surface area contributed by atoms with Gasteiger partial charge in [-0.05, 0) is 49.4 Å². The first-order valence-electron chi connectivity index (χ1n) is 9.40. The molecule has 0 spiro atoms. The van der Waals surface area contributed by atoms with E-state index in [0.717, 1.165) is 11.3 Å². The van der Waals surface area contributed by atoms with Gasteiger partial charge in [0.2, 0.25) is 16.0 Å². The number of hydrogen-bond acceptors (Lipinski definition) is 9. The smallest absolute Gasteiger partial charge is 0.238 e. The Bertz CT molecular complexity index is 1330. The Morgan fingerprint density at radius 1 is 0.906 bits per heavy atom. The number of nitrogens with one attached hydrogen (secondary N) is 2. The summed E-state index contributed by atoms with van der Waals surface area (Å²) in [4.78, 5) is 16.6. The topological polar surface area (TPSA) is 145 Å². The van der Waals surface area contributed by atoms with E-state index in [2.05, 4.69) is 30.6 Å². The van der Waals surface area contributed by atoms with Crippen LogP contribution in [0.2, 0.25) is 0 Å². The van der Waals surface area contributed by atoms with E-state index < -0.39 is 10.0 Å². The number of hydrogen-bond donors (Lipinski definition) is 3. The molecular weight excluding hydrogens is 430 g/mol. The predicted molar refractivity (Wildman–Crippen MR) is 120 cm³/mol. The molecule has 0 radical (unpaired) electrons. The van der Waals surface area contributed by atoms with Gasteiger partial charge in [-0.15, -0.1) is 0 Å². The van der Waals surface area contributed by atoms with Gasteiger partial charge < -0.3 is 15.4 Å². The molecule has 0 atom stereocenters. The fourth-order valence-electron chi connectivity index (χ4n) is 2.73. The maximum absolute atomic E-state index is 11.6. The normalized spacial score (nSPS) is 11.1. The van der Waals surface area contributed by atoms with Crippen LogP contribution >= 0.6 is 0 Å². The van der Waals surface area contributed by atoms with Crippen molar-refractivity contribution in [2.24, 2.45) is 5.14 Å². The number of sulfonamides is 1. The van der Waals surface area contributed by atoms with Crippen molar-refractivity contribution in [2.45, 2.75) is 11.8 Å². The zero-order valence-electron chi connectivity index (χ0n) is 16.9. The Labute approximate surface area is 184 Å². The molecule has 0 saturated heterocycles. The number of ether oxygens (including phenoxy) is 1. The van der Waals surface area contributed by atoms with Crippen LogP contribution in [0.25, 0.3) is 0 Å². The minimum absolute atomic E-state index is 0.00247. The van der Waals surface area contributed by atoms with Crippen LogP contribution < -0.4 is 20.5 Å². The van der Waals surface area contributed by atoms with Crippen molar-refractivity contribution >= 4 is 33.2 Å². The molecule has 2 aromatic carbocycles. The van der Waals surface area contributed by atoms with E-state index >= 15 is 0 Å². The highest BCUT2D eigenvalue weighted by atomic mass is 32.2. The van der Waals surface area contributed by atoms with Crippen LogP contribution in [-0.4, -0.2) is 28.4 Å². The predicted octanol–water partition coefficient (Wildman–Crippen LogP) is 3.50. The zero-order chi connectivity index (χ0) is 22.6. The van der Waals surface area contributed by atoms with E-state index in [1.807, 2.05) is 31.2 Å². The third-order valence-corrected chi connectivity index (χ3v) is 5.19. The number of nitrogens with zero attached hydrogens (tertiary/aromatic N) is 4. The summed E-state index contributed by atoms with van der Waals surface area (Å²) in [6.07, 6.45) is 6.26. The number of rotatable bonds is 7. The van der Waals surface area contributed by atoms with Crippen molar-refractivity contribution < 1.29 is 13.2 Å². The molecule has 0 unspecified atom stereocenters. The second kappa shape index (κ2) is 8.96. The molecular formula is C21H19N7O3S. The van der Waals surface area contributed by atoms with Crippen molar-refractivity contribution in [1.82, 2.24) is 19.9 Å². The molecule has 0 fully saturated rings. The minimum atomic E-state index is -3.81.